The van der Waals surface area contributed by atoms with Crippen molar-refractivity contribution in [3.8, 4) is 5.75 Å². The summed E-state index contributed by atoms with van der Waals surface area (Å²) in [5.74, 6) is -0.739. The molecule has 0 saturated heterocycles. The van der Waals surface area contributed by atoms with Crippen LogP contribution in [-0.2, 0) is 28.6 Å². The number of phenolic OH excluding ortho intramolecular Hbond substituents is 1. The van der Waals surface area contributed by atoms with E-state index in [4.69, 9.17) is 5.73 Å². The first-order valence-corrected chi connectivity index (χ1v) is 12.3. The van der Waals surface area contributed by atoms with Crippen molar-refractivity contribution in [2.45, 2.75) is 16.7 Å². The number of rotatable bonds is 7. The highest BCUT2D eigenvalue weighted by atomic mass is 32.2. The number of azo groups is 2. The molecule has 0 radical (unpaired) electrons. The number of nitrogens with two attached hydrogens (primary N) is 1. The van der Waals surface area contributed by atoms with Gasteiger partial charge in [-0.2, -0.15) is 32.2 Å². The predicted molar refractivity (Wildman–Crippen MR) is 124 cm³/mol. The Morgan fingerprint density at radius 3 is 2.06 bits per heavy atom. The van der Waals surface area contributed by atoms with Crippen LogP contribution < -0.4 is 5.73 Å². The van der Waals surface area contributed by atoms with E-state index in [9.17, 15) is 21.9 Å². The maximum atomic E-state index is 12.7. The van der Waals surface area contributed by atoms with Crippen molar-refractivity contribution in [3.63, 3.8) is 0 Å². The van der Waals surface area contributed by atoms with Gasteiger partial charge in [-0.15, -0.1) is 5.11 Å². The Balaban J connectivity index is 2.50. The van der Waals surface area contributed by atoms with Crippen LogP contribution in [0.3, 0.4) is 0 Å². The van der Waals surface area contributed by atoms with Crippen LogP contribution in [0.15, 0.2) is 66.6 Å². The summed E-state index contributed by atoms with van der Waals surface area (Å²) in [5, 5.41) is 25.9. The lowest BCUT2D eigenvalue weighted by atomic mass is 10.0. The van der Waals surface area contributed by atoms with Crippen LogP contribution in [0.25, 0.3) is 10.8 Å². The largest absolute Gasteiger partial charge is 0.505 e. The van der Waals surface area contributed by atoms with Crippen LogP contribution in [0.5, 0.6) is 5.75 Å². The third-order valence-electron chi connectivity index (χ3n) is 4.88. The van der Waals surface area contributed by atoms with E-state index < -0.39 is 41.5 Å². The number of nitrogen functional groups attached to an aromatic ring is 1. The summed E-state index contributed by atoms with van der Waals surface area (Å²) < 4.78 is 59.6. The van der Waals surface area contributed by atoms with Crippen molar-refractivity contribution < 1.29 is 30.3 Å². The van der Waals surface area contributed by atoms with Gasteiger partial charge in [-0.1, -0.05) is 18.2 Å². The molecule has 0 aliphatic carbocycles. The lowest BCUT2D eigenvalue weighted by Gasteiger charge is -2.15. The minimum absolute atomic E-state index is 0.108. The second kappa shape index (κ2) is 9.42. The first-order chi connectivity index (χ1) is 16.0. The highest BCUT2D eigenvalue weighted by Gasteiger charge is 2.29. The van der Waals surface area contributed by atoms with Gasteiger partial charge in [0, 0.05) is 12.4 Å². The summed E-state index contributed by atoms with van der Waals surface area (Å²) in [5.41, 5.74) is 6.77. The standard InChI is InChI=1S/C20H21N5O7S2/c1-11-7-5-6-8-13(11)23-24-14-10-15(33(27,28)31-3)12-9-16(34(29,30)32-4)19(25-22-2)20(26)17(12)18(14)21/h5-10,26H,21H2,1-4H3. The Kier molecular flexibility index (Phi) is 6.97. The molecule has 0 heterocycles. The lowest BCUT2D eigenvalue weighted by Crippen LogP contribution is -2.07. The van der Waals surface area contributed by atoms with Gasteiger partial charge in [0.05, 0.1) is 31.0 Å². The molecule has 3 aromatic rings. The van der Waals surface area contributed by atoms with E-state index in [0.717, 1.165) is 31.9 Å². The van der Waals surface area contributed by atoms with Crippen molar-refractivity contribution >= 4 is 53.8 Å². The van der Waals surface area contributed by atoms with E-state index in [-0.39, 0.29) is 22.1 Å². The first kappa shape index (κ1) is 25.2. The third kappa shape index (κ3) is 4.48. The number of benzene rings is 3. The fourth-order valence-electron chi connectivity index (χ4n) is 3.15. The molecule has 0 spiro atoms. The van der Waals surface area contributed by atoms with Gasteiger partial charge < -0.3 is 10.8 Å². The second-order valence-electron chi connectivity index (χ2n) is 6.83. The molecule has 3 N–H and O–H groups in total. The van der Waals surface area contributed by atoms with Gasteiger partial charge in [-0.3, -0.25) is 8.37 Å². The van der Waals surface area contributed by atoms with Crippen molar-refractivity contribution in [2.24, 2.45) is 20.5 Å². The Morgan fingerprint density at radius 1 is 0.882 bits per heavy atom. The van der Waals surface area contributed by atoms with Gasteiger partial charge in [-0.25, -0.2) is 0 Å². The molecule has 0 aromatic heterocycles. The van der Waals surface area contributed by atoms with E-state index in [1.54, 1.807) is 12.1 Å². The molecule has 3 rings (SSSR count). The van der Waals surface area contributed by atoms with Crippen LogP contribution in [0.2, 0.25) is 0 Å². The van der Waals surface area contributed by atoms with E-state index in [0.29, 0.717) is 5.69 Å². The number of nitrogens with zero attached hydrogens (tertiary/aromatic N) is 4. The van der Waals surface area contributed by atoms with Crippen molar-refractivity contribution in [1.29, 1.82) is 0 Å². The van der Waals surface area contributed by atoms with E-state index in [2.05, 4.69) is 28.8 Å². The number of hydrogen-bond acceptors (Lipinski definition) is 12. The molecule has 0 fully saturated rings. The molecule has 34 heavy (non-hydrogen) atoms. The van der Waals surface area contributed by atoms with Gasteiger partial charge in [0.1, 0.15) is 21.2 Å². The molecular weight excluding hydrogens is 486 g/mol. The number of aromatic hydroxyl groups is 1. The van der Waals surface area contributed by atoms with Gasteiger partial charge in [0.15, 0.2) is 5.75 Å². The molecule has 0 saturated carbocycles. The number of fused-ring (bicyclic) bond motifs is 1. The topological polar surface area (TPSA) is 182 Å². The molecule has 0 aliphatic heterocycles. The number of anilines is 1. The highest BCUT2D eigenvalue weighted by Crippen LogP contribution is 2.48. The summed E-state index contributed by atoms with van der Waals surface area (Å²) in [6.45, 7) is 1.81. The zero-order valence-corrected chi connectivity index (χ0v) is 20.2. The molecule has 0 bridgehead atoms. The zero-order chi connectivity index (χ0) is 25.3. The summed E-state index contributed by atoms with van der Waals surface area (Å²) in [6.07, 6.45) is 0. The first-order valence-electron chi connectivity index (χ1n) is 9.49. The van der Waals surface area contributed by atoms with Gasteiger partial charge >= 0.3 is 0 Å². The Bertz CT molecular complexity index is 1550. The normalized spacial score (nSPS) is 12.8. The summed E-state index contributed by atoms with van der Waals surface area (Å²) in [7, 11) is -5.78. The van der Waals surface area contributed by atoms with Crippen molar-refractivity contribution in [3.05, 3.63) is 42.0 Å². The van der Waals surface area contributed by atoms with Crippen LogP contribution in [0, 0.1) is 6.92 Å². The van der Waals surface area contributed by atoms with Gasteiger partial charge in [0.2, 0.25) is 0 Å². The second-order valence-corrected chi connectivity index (χ2v) is 10.2. The number of aryl methyl sites for hydroxylation is 1. The van der Waals surface area contributed by atoms with Crippen LogP contribution in [0.1, 0.15) is 5.56 Å². The fourth-order valence-corrected chi connectivity index (χ4v) is 4.83. The van der Waals surface area contributed by atoms with Crippen LogP contribution >= 0.6 is 0 Å². The molecule has 12 nitrogen and oxygen atoms in total. The van der Waals surface area contributed by atoms with E-state index >= 15 is 0 Å². The van der Waals surface area contributed by atoms with Crippen LogP contribution in [-0.4, -0.2) is 43.2 Å². The Hall–Kier alpha value is -3.46. The minimum Gasteiger partial charge on any atom is -0.505 e. The van der Waals surface area contributed by atoms with E-state index in [1.165, 1.54) is 7.05 Å². The minimum atomic E-state index is -4.44. The molecule has 0 unspecified atom stereocenters. The number of phenols is 1. The van der Waals surface area contributed by atoms with Crippen LogP contribution in [0.4, 0.5) is 22.7 Å². The van der Waals surface area contributed by atoms with E-state index in [1.807, 2.05) is 19.1 Å². The molecule has 0 amide bonds. The van der Waals surface area contributed by atoms with Gasteiger partial charge in [0.25, 0.3) is 20.2 Å². The smallest absolute Gasteiger partial charge is 0.299 e. The zero-order valence-electron chi connectivity index (χ0n) is 18.5. The molecule has 0 atom stereocenters. The predicted octanol–water partition coefficient (Wildman–Crippen LogP) is 4.24. The van der Waals surface area contributed by atoms with Crippen molar-refractivity contribution in [1.82, 2.24) is 0 Å². The third-order valence-corrected chi connectivity index (χ3v) is 7.48. The van der Waals surface area contributed by atoms with Gasteiger partial charge in [-0.05, 0) is 30.7 Å². The molecule has 14 heteroatoms. The monoisotopic (exact) mass is 507 g/mol. The number of hydrogen-bond donors (Lipinski definition) is 2. The molecule has 0 aliphatic rings. The Morgan fingerprint density at radius 2 is 1.47 bits per heavy atom. The highest BCUT2D eigenvalue weighted by molar-refractivity contribution is 7.87. The quantitative estimate of drug-likeness (QED) is 0.270. The summed E-state index contributed by atoms with van der Waals surface area (Å²) in [4.78, 5) is -1.12. The fraction of sp³-hybridized carbons (Fsp3) is 0.200. The summed E-state index contributed by atoms with van der Waals surface area (Å²) >= 11 is 0. The average Bonchev–Trinajstić information content (AvgIpc) is 2.80. The molecular formula is C20H21N5O7S2. The van der Waals surface area contributed by atoms with Crippen molar-refractivity contribution in [2.75, 3.05) is 27.0 Å². The molecule has 3 aromatic carbocycles. The maximum absolute atomic E-state index is 12.7. The SMILES string of the molecule is CN=Nc1c(S(=O)(=O)OC)cc2c(S(=O)(=O)OC)cc(N=Nc3ccccc3C)c(N)c2c1O. The maximum Gasteiger partial charge on any atom is 0.299 e. The molecule has 180 valence electrons. The lowest BCUT2D eigenvalue weighted by molar-refractivity contribution is 0.396. The summed E-state index contributed by atoms with van der Waals surface area (Å²) in [6, 6.07) is 9.10. The Labute approximate surface area is 196 Å². The average molecular weight is 508 g/mol.